The first-order valence-corrected chi connectivity index (χ1v) is 10.7. The van der Waals surface area contributed by atoms with Crippen LogP contribution in [0.2, 0.25) is 10.0 Å². The predicted molar refractivity (Wildman–Crippen MR) is 107 cm³/mol. The summed E-state index contributed by atoms with van der Waals surface area (Å²) in [5.74, 6) is -2.67. The van der Waals surface area contributed by atoms with Crippen LogP contribution in [-0.2, 0) is 16.8 Å². The van der Waals surface area contributed by atoms with E-state index in [9.17, 15) is 30.8 Å². The average molecular weight is 520 g/mol. The molecule has 1 amide bonds. The zero-order valence-electron chi connectivity index (χ0n) is 16.0. The first-order chi connectivity index (χ1) is 14.7. The van der Waals surface area contributed by atoms with Crippen LogP contribution in [0.3, 0.4) is 0 Å². The highest BCUT2D eigenvalue weighted by molar-refractivity contribution is 7.87. The third kappa shape index (κ3) is 7.08. The van der Waals surface area contributed by atoms with Gasteiger partial charge in [-0.3, -0.25) is 4.79 Å². The number of pyridine rings is 1. The van der Waals surface area contributed by atoms with Gasteiger partial charge in [-0.1, -0.05) is 23.2 Å². The Kier molecular flexibility index (Phi) is 8.15. The van der Waals surface area contributed by atoms with Gasteiger partial charge in [-0.25, -0.2) is 32.4 Å². The van der Waals surface area contributed by atoms with Gasteiger partial charge in [0, 0.05) is 16.7 Å². The lowest BCUT2D eigenvalue weighted by atomic mass is 10.1. The fraction of sp³-hybridized carbons (Fsp3) is 0.294. The number of aromatic nitrogens is 1. The number of nitrogens with two attached hydrogens (primary N) is 1. The van der Waals surface area contributed by atoms with Crippen LogP contribution in [0.4, 0.5) is 17.6 Å². The third-order valence-corrected chi connectivity index (χ3v) is 4.83. The first kappa shape index (κ1) is 25.9. The van der Waals surface area contributed by atoms with Crippen molar-refractivity contribution in [3.63, 3.8) is 0 Å². The van der Waals surface area contributed by atoms with Gasteiger partial charge in [0.2, 0.25) is 11.5 Å². The number of benzene rings is 1. The largest absolute Gasteiger partial charge is 0.487 e. The van der Waals surface area contributed by atoms with Gasteiger partial charge in [0.25, 0.3) is 22.5 Å². The molecule has 3 N–H and O–H groups in total. The molecule has 0 spiro atoms. The number of carbonyl (C=O) groups is 1. The molecule has 8 nitrogen and oxygen atoms in total. The Labute approximate surface area is 189 Å². The molecule has 32 heavy (non-hydrogen) atoms. The van der Waals surface area contributed by atoms with Gasteiger partial charge in [0.05, 0.1) is 11.8 Å². The van der Waals surface area contributed by atoms with Gasteiger partial charge in [0.15, 0.2) is 0 Å². The molecule has 2 rings (SSSR count). The third-order valence-electron chi connectivity index (χ3n) is 3.74. The lowest BCUT2D eigenvalue weighted by Crippen LogP contribution is -2.36. The maximum Gasteiger partial charge on any atom is 0.298 e. The fourth-order valence-corrected chi connectivity index (χ4v) is 2.88. The zero-order chi connectivity index (χ0) is 24.3. The Hall–Kier alpha value is -2.35. The number of nitrogens with one attached hydrogen (secondary N) is 1. The fourth-order valence-electron chi connectivity index (χ4n) is 2.08. The van der Waals surface area contributed by atoms with Crippen LogP contribution < -0.4 is 19.3 Å². The summed E-state index contributed by atoms with van der Waals surface area (Å²) in [6, 6.07) is 2.93. The van der Waals surface area contributed by atoms with E-state index in [2.05, 4.69) is 10.1 Å². The van der Waals surface area contributed by atoms with E-state index < -0.39 is 46.2 Å². The highest BCUT2D eigenvalue weighted by Crippen LogP contribution is 2.29. The maximum absolute atomic E-state index is 14.2. The number of hydrogen-bond acceptors (Lipinski definition) is 6. The van der Waals surface area contributed by atoms with Crippen molar-refractivity contribution in [3.8, 4) is 11.6 Å². The number of carbonyl (C=O) groups excluding carboxylic acids is 1. The topological polar surface area (TPSA) is 121 Å². The van der Waals surface area contributed by atoms with E-state index in [-0.39, 0.29) is 33.8 Å². The van der Waals surface area contributed by atoms with Crippen molar-refractivity contribution in [1.82, 2.24) is 9.71 Å². The van der Waals surface area contributed by atoms with E-state index in [0.29, 0.717) is 6.92 Å². The van der Waals surface area contributed by atoms with Gasteiger partial charge >= 0.3 is 0 Å². The SMILES string of the molecule is CC(F)(COc1ncc(OCc2cc(F)c(C(=O)NS(N)(=O)=O)cc2Cl)cc1Cl)C(F)F. The zero-order valence-corrected chi connectivity index (χ0v) is 18.4. The second kappa shape index (κ2) is 10.1. The molecule has 0 bridgehead atoms. The smallest absolute Gasteiger partial charge is 0.298 e. The first-order valence-electron chi connectivity index (χ1n) is 8.40. The minimum atomic E-state index is -4.40. The molecule has 0 radical (unpaired) electrons. The molecule has 1 atom stereocenters. The Morgan fingerprint density at radius 3 is 2.47 bits per heavy atom. The summed E-state index contributed by atoms with van der Waals surface area (Å²) in [6.45, 7) is -0.646. The molecule has 15 heteroatoms. The number of hydrogen-bond donors (Lipinski definition) is 2. The highest BCUT2D eigenvalue weighted by atomic mass is 35.5. The van der Waals surface area contributed by atoms with Crippen molar-refractivity contribution in [3.05, 3.63) is 51.4 Å². The standard InChI is InChI=1S/C17H15Cl2F4N3O5S/c1-17(23,16(21)22)7-31-15-12(19)3-9(5-25-15)30-6-8-2-13(20)10(4-11(8)18)14(27)26-32(24,28)29/h2-5,16H,6-7H2,1H3,(H,26,27)(H2,24,28,29). The maximum atomic E-state index is 14.2. The summed E-state index contributed by atoms with van der Waals surface area (Å²) >= 11 is 11.9. The van der Waals surface area contributed by atoms with Crippen molar-refractivity contribution >= 4 is 39.3 Å². The summed E-state index contributed by atoms with van der Waals surface area (Å²) < 4.78 is 86.3. The Morgan fingerprint density at radius 1 is 1.25 bits per heavy atom. The van der Waals surface area contributed by atoms with Gasteiger partial charge < -0.3 is 9.47 Å². The van der Waals surface area contributed by atoms with Crippen LogP contribution in [0.5, 0.6) is 11.6 Å². The van der Waals surface area contributed by atoms with E-state index in [4.69, 9.17) is 32.7 Å². The molecule has 0 aliphatic rings. The van der Waals surface area contributed by atoms with E-state index in [0.717, 1.165) is 18.3 Å². The summed E-state index contributed by atoms with van der Waals surface area (Å²) in [4.78, 5) is 15.5. The van der Waals surface area contributed by atoms with Crippen molar-refractivity contribution in [2.24, 2.45) is 5.14 Å². The lowest BCUT2D eigenvalue weighted by Gasteiger charge is -2.19. The molecule has 0 saturated carbocycles. The minimum Gasteiger partial charge on any atom is -0.487 e. The molecule has 0 aliphatic heterocycles. The number of nitrogens with zero attached hydrogens (tertiary/aromatic N) is 1. The molecule has 1 heterocycles. The molecule has 0 aliphatic carbocycles. The normalized spacial score (nSPS) is 13.5. The van der Waals surface area contributed by atoms with E-state index >= 15 is 0 Å². The summed E-state index contributed by atoms with van der Waals surface area (Å²) in [5.41, 5.74) is -3.49. The number of alkyl halides is 3. The Bertz CT molecular complexity index is 1120. The molecule has 1 aromatic heterocycles. The molecular formula is C17H15Cl2F4N3O5S. The van der Waals surface area contributed by atoms with E-state index in [1.165, 1.54) is 10.8 Å². The number of amides is 1. The Balaban J connectivity index is 2.08. The van der Waals surface area contributed by atoms with Gasteiger partial charge in [-0.15, -0.1) is 0 Å². The average Bonchev–Trinajstić information content (AvgIpc) is 2.66. The van der Waals surface area contributed by atoms with Crippen LogP contribution in [0, 0.1) is 5.82 Å². The van der Waals surface area contributed by atoms with Crippen molar-refractivity contribution in [2.75, 3.05) is 6.61 Å². The van der Waals surface area contributed by atoms with Crippen LogP contribution in [0.15, 0.2) is 24.4 Å². The lowest BCUT2D eigenvalue weighted by molar-refractivity contribution is -0.0490. The monoisotopic (exact) mass is 519 g/mol. The number of halogens is 6. The number of ether oxygens (including phenoxy) is 2. The predicted octanol–water partition coefficient (Wildman–Crippen LogP) is 3.41. The molecular weight excluding hydrogens is 505 g/mol. The number of rotatable bonds is 9. The quantitative estimate of drug-likeness (QED) is 0.489. The van der Waals surface area contributed by atoms with Crippen LogP contribution in [0.25, 0.3) is 0 Å². The van der Waals surface area contributed by atoms with Crippen molar-refractivity contribution in [2.45, 2.75) is 25.6 Å². The summed E-state index contributed by atoms with van der Waals surface area (Å²) in [7, 11) is -4.40. The van der Waals surface area contributed by atoms with Crippen LogP contribution in [0.1, 0.15) is 22.8 Å². The molecule has 2 aromatic rings. The van der Waals surface area contributed by atoms with Crippen LogP contribution in [-0.4, -0.2) is 38.0 Å². The summed E-state index contributed by atoms with van der Waals surface area (Å²) in [6.07, 6.45) is -2.18. The molecule has 176 valence electrons. The van der Waals surface area contributed by atoms with Gasteiger partial charge in [0.1, 0.15) is 29.8 Å². The second-order valence-corrected chi connectivity index (χ2v) is 8.62. The van der Waals surface area contributed by atoms with Crippen molar-refractivity contribution < 1.29 is 40.2 Å². The van der Waals surface area contributed by atoms with Gasteiger partial charge in [-0.2, -0.15) is 8.42 Å². The van der Waals surface area contributed by atoms with Gasteiger partial charge in [-0.05, 0) is 19.1 Å². The Morgan fingerprint density at radius 2 is 1.91 bits per heavy atom. The minimum absolute atomic E-state index is 0.0479. The van der Waals surface area contributed by atoms with Crippen molar-refractivity contribution in [1.29, 1.82) is 0 Å². The molecule has 0 fully saturated rings. The van der Waals surface area contributed by atoms with E-state index in [1.807, 2.05) is 0 Å². The highest BCUT2D eigenvalue weighted by Gasteiger charge is 2.36. The van der Waals surface area contributed by atoms with E-state index in [1.54, 1.807) is 0 Å². The molecule has 1 unspecified atom stereocenters. The molecule has 1 aromatic carbocycles. The second-order valence-electron chi connectivity index (χ2n) is 6.51. The molecule has 0 saturated heterocycles. The van der Waals surface area contributed by atoms with Crippen LogP contribution >= 0.6 is 23.2 Å². The summed E-state index contributed by atoms with van der Waals surface area (Å²) in [5, 5.41) is 4.37.